The monoisotopic (exact) mass is 290 g/mol. The zero-order valence-electron chi connectivity index (χ0n) is 11.6. The van der Waals surface area contributed by atoms with Crippen LogP contribution in [0, 0.1) is 5.92 Å². The largest absolute Gasteiger partial charge is 0.480 e. The summed E-state index contributed by atoms with van der Waals surface area (Å²) in [5, 5.41) is 10.4. The van der Waals surface area contributed by atoms with Crippen molar-refractivity contribution in [1.29, 1.82) is 0 Å². The molecule has 4 nitrogen and oxygen atoms in total. The molecule has 1 aliphatic rings. The van der Waals surface area contributed by atoms with E-state index in [-0.39, 0.29) is 12.0 Å². The molecule has 0 aliphatic carbocycles. The van der Waals surface area contributed by atoms with Gasteiger partial charge in [0, 0.05) is 6.54 Å². The van der Waals surface area contributed by atoms with Crippen molar-refractivity contribution in [3.8, 4) is 0 Å². The molecule has 3 rings (SSSR count). The third-order valence-electron chi connectivity index (χ3n) is 4.16. The Morgan fingerprint density at radius 1 is 1.50 bits per heavy atom. The van der Waals surface area contributed by atoms with Crippen molar-refractivity contribution in [2.45, 2.75) is 32.4 Å². The van der Waals surface area contributed by atoms with Crippen LogP contribution in [0.25, 0.3) is 10.2 Å². The average molecular weight is 290 g/mol. The summed E-state index contributed by atoms with van der Waals surface area (Å²) >= 11 is 1.66. The van der Waals surface area contributed by atoms with Crippen LogP contribution < -0.4 is 0 Å². The third kappa shape index (κ3) is 2.21. The van der Waals surface area contributed by atoms with Crippen LogP contribution in [0.4, 0.5) is 0 Å². The summed E-state index contributed by atoms with van der Waals surface area (Å²) in [5.74, 6) is -0.521. The summed E-state index contributed by atoms with van der Waals surface area (Å²) in [6, 6.07) is 7.71. The molecule has 5 heteroatoms. The van der Waals surface area contributed by atoms with Crippen LogP contribution in [0.15, 0.2) is 24.3 Å². The van der Waals surface area contributed by atoms with Gasteiger partial charge in [0.2, 0.25) is 0 Å². The molecular formula is C15H18N2O2S. The first-order chi connectivity index (χ1) is 9.58. The van der Waals surface area contributed by atoms with E-state index in [1.807, 2.05) is 25.1 Å². The summed E-state index contributed by atoms with van der Waals surface area (Å²) in [5.41, 5.74) is 0.999. The van der Waals surface area contributed by atoms with Gasteiger partial charge in [0.25, 0.3) is 0 Å². The number of para-hydroxylation sites is 1. The fourth-order valence-electron chi connectivity index (χ4n) is 3.01. The second-order valence-corrected chi connectivity index (χ2v) is 6.54. The number of thiazole rings is 1. The number of carboxylic acids is 1. The molecule has 0 amide bonds. The number of carboxylic acid groups (broad SMARTS) is 1. The van der Waals surface area contributed by atoms with E-state index in [0.29, 0.717) is 0 Å². The number of benzene rings is 1. The summed E-state index contributed by atoms with van der Waals surface area (Å²) in [7, 11) is 0. The molecule has 2 heterocycles. The number of hydrogen-bond donors (Lipinski definition) is 1. The number of hydrogen-bond acceptors (Lipinski definition) is 4. The number of carbonyl (C=O) groups is 1. The fourth-order valence-corrected chi connectivity index (χ4v) is 4.05. The van der Waals surface area contributed by atoms with Crippen LogP contribution in [0.3, 0.4) is 0 Å². The molecule has 1 N–H and O–H groups in total. The van der Waals surface area contributed by atoms with Gasteiger partial charge in [0.05, 0.1) is 16.3 Å². The van der Waals surface area contributed by atoms with Crippen LogP contribution in [0.5, 0.6) is 0 Å². The molecule has 1 saturated heterocycles. The Kier molecular flexibility index (Phi) is 3.48. The first-order valence-electron chi connectivity index (χ1n) is 6.92. The van der Waals surface area contributed by atoms with Gasteiger partial charge in [-0.1, -0.05) is 19.1 Å². The molecule has 0 saturated carbocycles. The number of likely N-dealkylation sites (tertiary alicyclic amines) is 1. The Bertz CT molecular complexity index is 607. The van der Waals surface area contributed by atoms with Gasteiger partial charge in [-0.25, -0.2) is 4.98 Å². The van der Waals surface area contributed by atoms with Crippen molar-refractivity contribution in [1.82, 2.24) is 9.88 Å². The molecular weight excluding hydrogens is 272 g/mol. The molecule has 0 bridgehead atoms. The number of fused-ring (bicyclic) bond motifs is 1. The standard InChI is InChI=1S/C15H18N2O2S/c1-9-7-8-17(13(9)15(18)19)10(2)14-16-11-5-3-4-6-12(11)20-14/h3-6,9-10,13H,7-8H2,1-2H3,(H,18,19). The van der Waals surface area contributed by atoms with E-state index in [1.165, 1.54) is 0 Å². The molecule has 1 aromatic carbocycles. The Morgan fingerprint density at radius 3 is 2.95 bits per heavy atom. The zero-order chi connectivity index (χ0) is 14.3. The first kappa shape index (κ1) is 13.5. The quantitative estimate of drug-likeness (QED) is 0.943. The third-order valence-corrected chi connectivity index (χ3v) is 5.36. The van der Waals surface area contributed by atoms with Crippen molar-refractivity contribution in [3.05, 3.63) is 29.3 Å². The van der Waals surface area contributed by atoms with E-state index in [1.54, 1.807) is 11.3 Å². The Labute approximate surface area is 122 Å². The predicted octanol–water partition coefficient (Wildman–Crippen LogP) is 3.15. The molecule has 3 unspecified atom stereocenters. The smallest absolute Gasteiger partial charge is 0.321 e. The van der Waals surface area contributed by atoms with Gasteiger partial charge in [-0.3, -0.25) is 9.69 Å². The highest BCUT2D eigenvalue weighted by atomic mass is 32.1. The van der Waals surface area contributed by atoms with Crippen molar-refractivity contribution in [2.24, 2.45) is 5.92 Å². The highest BCUT2D eigenvalue weighted by molar-refractivity contribution is 7.18. The van der Waals surface area contributed by atoms with Crippen LogP contribution in [0.2, 0.25) is 0 Å². The maximum atomic E-state index is 11.5. The summed E-state index contributed by atoms with van der Waals surface area (Å²) in [4.78, 5) is 18.2. The first-order valence-corrected chi connectivity index (χ1v) is 7.73. The van der Waals surface area contributed by atoms with Crippen LogP contribution in [-0.4, -0.2) is 33.5 Å². The SMILES string of the molecule is CC1CCN(C(C)c2nc3ccccc3s2)C1C(=O)O. The lowest BCUT2D eigenvalue weighted by molar-refractivity contribution is -0.144. The molecule has 106 valence electrons. The zero-order valence-corrected chi connectivity index (χ0v) is 12.4. The lowest BCUT2D eigenvalue weighted by Gasteiger charge is -2.28. The van der Waals surface area contributed by atoms with E-state index in [2.05, 4.69) is 22.9 Å². The van der Waals surface area contributed by atoms with Gasteiger partial charge in [0.1, 0.15) is 11.0 Å². The van der Waals surface area contributed by atoms with Crippen molar-refractivity contribution in [3.63, 3.8) is 0 Å². The molecule has 0 radical (unpaired) electrons. The van der Waals surface area contributed by atoms with Crippen molar-refractivity contribution in [2.75, 3.05) is 6.54 Å². The Morgan fingerprint density at radius 2 is 2.25 bits per heavy atom. The molecule has 0 spiro atoms. The number of nitrogens with zero attached hydrogens (tertiary/aromatic N) is 2. The van der Waals surface area contributed by atoms with E-state index < -0.39 is 12.0 Å². The molecule has 2 aromatic rings. The molecule has 20 heavy (non-hydrogen) atoms. The lowest BCUT2D eigenvalue weighted by Crippen LogP contribution is -2.40. The molecule has 3 atom stereocenters. The number of aliphatic carboxylic acids is 1. The fraction of sp³-hybridized carbons (Fsp3) is 0.467. The van der Waals surface area contributed by atoms with E-state index in [4.69, 9.17) is 0 Å². The molecule has 1 aliphatic heterocycles. The minimum Gasteiger partial charge on any atom is -0.480 e. The average Bonchev–Trinajstić information content (AvgIpc) is 3.00. The maximum absolute atomic E-state index is 11.5. The van der Waals surface area contributed by atoms with Gasteiger partial charge >= 0.3 is 5.97 Å². The minimum absolute atomic E-state index is 0.0541. The summed E-state index contributed by atoms with van der Waals surface area (Å²) < 4.78 is 1.16. The van der Waals surface area contributed by atoms with E-state index >= 15 is 0 Å². The van der Waals surface area contributed by atoms with Gasteiger partial charge in [-0.2, -0.15) is 0 Å². The second-order valence-electron chi connectivity index (χ2n) is 5.48. The van der Waals surface area contributed by atoms with Gasteiger partial charge in [0.15, 0.2) is 0 Å². The van der Waals surface area contributed by atoms with Crippen LogP contribution >= 0.6 is 11.3 Å². The van der Waals surface area contributed by atoms with Crippen LogP contribution in [0.1, 0.15) is 31.3 Å². The van der Waals surface area contributed by atoms with Crippen molar-refractivity contribution < 1.29 is 9.90 Å². The summed E-state index contributed by atoms with van der Waals surface area (Å²) in [6.45, 7) is 4.91. The Balaban J connectivity index is 1.91. The Hall–Kier alpha value is -1.46. The van der Waals surface area contributed by atoms with Crippen LogP contribution in [-0.2, 0) is 4.79 Å². The number of rotatable bonds is 3. The van der Waals surface area contributed by atoms with Gasteiger partial charge in [-0.05, 0) is 31.4 Å². The topological polar surface area (TPSA) is 53.4 Å². The summed E-state index contributed by atoms with van der Waals surface area (Å²) in [6.07, 6.45) is 0.937. The normalized spacial score (nSPS) is 25.1. The van der Waals surface area contributed by atoms with Crippen molar-refractivity contribution >= 4 is 27.5 Å². The van der Waals surface area contributed by atoms with E-state index in [0.717, 1.165) is 28.2 Å². The van der Waals surface area contributed by atoms with E-state index in [9.17, 15) is 9.90 Å². The highest BCUT2D eigenvalue weighted by Crippen LogP contribution is 2.35. The van der Waals surface area contributed by atoms with Gasteiger partial charge in [-0.15, -0.1) is 11.3 Å². The highest BCUT2D eigenvalue weighted by Gasteiger charge is 2.40. The molecule has 1 aromatic heterocycles. The minimum atomic E-state index is -0.719. The van der Waals surface area contributed by atoms with Gasteiger partial charge < -0.3 is 5.11 Å². The predicted molar refractivity (Wildman–Crippen MR) is 79.9 cm³/mol. The lowest BCUT2D eigenvalue weighted by atomic mass is 10.0. The second kappa shape index (κ2) is 5.14. The number of aromatic nitrogens is 1. The molecule has 1 fully saturated rings. The maximum Gasteiger partial charge on any atom is 0.321 e.